The van der Waals surface area contributed by atoms with Gasteiger partial charge >= 0.3 is 0 Å². The highest BCUT2D eigenvalue weighted by molar-refractivity contribution is 6.09. The average Bonchev–Trinajstić information content (AvgIpc) is 2.47. The van der Waals surface area contributed by atoms with Crippen LogP contribution in [0.5, 0.6) is 11.5 Å². The smallest absolute Gasteiger partial charge is 0.199 e. The van der Waals surface area contributed by atoms with Crippen LogP contribution in [0.2, 0.25) is 0 Å². The molecule has 0 fully saturated rings. The highest BCUT2D eigenvalue weighted by atomic mass is 19.1. The van der Waals surface area contributed by atoms with Crippen LogP contribution in [0, 0.1) is 11.6 Å². The molecule has 0 bridgehead atoms. The fourth-order valence-electron chi connectivity index (χ4n) is 1.76. The molecular weight excluding hydrogens is 266 g/mol. The summed E-state index contributed by atoms with van der Waals surface area (Å²) >= 11 is 0. The molecule has 2 aromatic rings. The van der Waals surface area contributed by atoms with Crippen LogP contribution in [0.3, 0.4) is 0 Å². The molecule has 2 aromatic carbocycles. The third kappa shape index (κ3) is 2.61. The number of hydrogen-bond donors (Lipinski definition) is 0. The van der Waals surface area contributed by atoms with Crippen LogP contribution < -0.4 is 9.47 Å². The van der Waals surface area contributed by atoms with E-state index in [4.69, 9.17) is 9.47 Å². The largest absolute Gasteiger partial charge is 0.497 e. The predicted octanol–water partition coefficient (Wildman–Crippen LogP) is 3.21. The van der Waals surface area contributed by atoms with Crippen molar-refractivity contribution in [3.63, 3.8) is 0 Å². The molecule has 0 heterocycles. The minimum atomic E-state index is -0.766. The highest BCUT2D eigenvalue weighted by Crippen LogP contribution is 2.23. The second-order valence-electron chi connectivity index (χ2n) is 4.02. The van der Waals surface area contributed by atoms with E-state index in [1.54, 1.807) is 0 Å². The molecule has 0 aliphatic carbocycles. The van der Waals surface area contributed by atoms with Crippen molar-refractivity contribution in [3.05, 3.63) is 59.2 Å². The molecule has 5 heteroatoms. The topological polar surface area (TPSA) is 35.5 Å². The van der Waals surface area contributed by atoms with Crippen LogP contribution in [0.4, 0.5) is 8.78 Å². The Hall–Kier alpha value is -2.43. The lowest BCUT2D eigenvalue weighted by atomic mass is 10.0. The van der Waals surface area contributed by atoms with Crippen molar-refractivity contribution >= 4 is 5.78 Å². The van der Waals surface area contributed by atoms with Crippen LogP contribution in [0.15, 0.2) is 36.4 Å². The summed E-state index contributed by atoms with van der Waals surface area (Å²) in [5.41, 5.74) is -0.506. The lowest BCUT2D eigenvalue weighted by molar-refractivity contribution is 0.103. The molecule has 20 heavy (non-hydrogen) atoms. The van der Waals surface area contributed by atoms with E-state index in [2.05, 4.69) is 0 Å². The van der Waals surface area contributed by atoms with Gasteiger partial charge in [-0.2, -0.15) is 0 Å². The first-order valence-corrected chi connectivity index (χ1v) is 5.78. The van der Waals surface area contributed by atoms with Crippen LogP contribution in [-0.2, 0) is 0 Å². The first-order valence-electron chi connectivity index (χ1n) is 5.78. The summed E-state index contributed by atoms with van der Waals surface area (Å²) in [5.74, 6) is -1.61. The molecule has 0 spiro atoms. The lowest BCUT2D eigenvalue weighted by Gasteiger charge is -2.08. The monoisotopic (exact) mass is 278 g/mol. The van der Waals surface area contributed by atoms with Gasteiger partial charge in [-0.05, 0) is 36.4 Å². The molecule has 0 radical (unpaired) electrons. The van der Waals surface area contributed by atoms with E-state index in [0.29, 0.717) is 11.5 Å². The molecule has 0 aliphatic heterocycles. The normalized spacial score (nSPS) is 10.2. The molecule has 0 unspecified atom stereocenters. The van der Waals surface area contributed by atoms with Gasteiger partial charge in [-0.1, -0.05) is 0 Å². The van der Waals surface area contributed by atoms with E-state index >= 15 is 0 Å². The maximum Gasteiger partial charge on any atom is 0.199 e. The number of carbonyl (C=O) groups is 1. The SMILES string of the molecule is COc1ccc(F)c(C(=O)c2cc(OC)ccc2F)c1. The van der Waals surface area contributed by atoms with E-state index in [1.807, 2.05) is 0 Å². The zero-order valence-corrected chi connectivity index (χ0v) is 10.9. The summed E-state index contributed by atoms with van der Waals surface area (Å²) in [6.45, 7) is 0. The number of ether oxygens (including phenoxy) is 2. The van der Waals surface area contributed by atoms with Gasteiger partial charge in [-0.3, -0.25) is 4.79 Å². The molecule has 3 nitrogen and oxygen atoms in total. The van der Waals surface area contributed by atoms with Crippen molar-refractivity contribution in [1.82, 2.24) is 0 Å². The van der Waals surface area contributed by atoms with Gasteiger partial charge in [0.05, 0.1) is 25.3 Å². The molecule has 0 aliphatic rings. The number of rotatable bonds is 4. The fourth-order valence-corrected chi connectivity index (χ4v) is 1.76. The van der Waals surface area contributed by atoms with Crippen LogP contribution in [0.1, 0.15) is 15.9 Å². The van der Waals surface area contributed by atoms with Gasteiger partial charge in [0.1, 0.15) is 23.1 Å². The van der Waals surface area contributed by atoms with E-state index in [9.17, 15) is 13.6 Å². The lowest BCUT2D eigenvalue weighted by Crippen LogP contribution is -2.07. The van der Waals surface area contributed by atoms with Crippen molar-refractivity contribution < 1.29 is 23.0 Å². The van der Waals surface area contributed by atoms with Gasteiger partial charge in [-0.15, -0.1) is 0 Å². The Balaban J connectivity index is 2.51. The zero-order chi connectivity index (χ0) is 14.7. The minimum absolute atomic E-state index is 0.253. The van der Waals surface area contributed by atoms with Crippen molar-refractivity contribution in [1.29, 1.82) is 0 Å². The van der Waals surface area contributed by atoms with Gasteiger partial charge in [-0.25, -0.2) is 8.78 Å². The van der Waals surface area contributed by atoms with E-state index in [1.165, 1.54) is 38.5 Å². The second kappa shape index (κ2) is 5.69. The van der Waals surface area contributed by atoms with Crippen molar-refractivity contribution in [2.24, 2.45) is 0 Å². The average molecular weight is 278 g/mol. The first-order chi connectivity index (χ1) is 9.56. The zero-order valence-electron chi connectivity index (χ0n) is 10.9. The first kappa shape index (κ1) is 14.0. The summed E-state index contributed by atoms with van der Waals surface area (Å²) in [6, 6.07) is 7.43. The molecule has 0 amide bonds. The summed E-state index contributed by atoms with van der Waals surface area (Å²) in [5, 5.41) is 0. The van der Waals surface area contributed by atoms with E-state index in [0.717, 1.165) is 12.1 Å². The fraction of sp³-hybridized carbons (Fsp3) is 0.133. The third-order valence-electron chi connectivity index (χ3n) is 2.84. The number of carbonyl (C=O) groups excluding carboxylic acids is 1. The quantitative estimate of drug-likeness (QED) is 0.806. The summed E-state index contributed by atoms with van der Waals surface area (Å²) < 4.78 is 37.3. The molecule has 0 aromatic heterocycles. The number of ketones is 1. The standard InChI is InChI=1S/C15H12F2O3/c1-19-9-3-5-13(16)11(7-9)15(18)12-8-10(20-2)4-6-14(12)17/h3-8H,1-2H3. The minimum Gasteiger partial charge on any atom is -0.497 e. The Morgan fingerprint density at radius 3 is 1.60 bits per heavy atom. The van der Waals surface area contributed by atoms with Gasteiger partial charge in [0.15, 0.2) is 5.78 Å². The Bertz CT molecular complexity index is 598. The summed E-state index contributed by atoms with van der Waals surface area (Å²) in [4.78, 5) is 12.2. The molecule has 104 valence electrons. The molecule has 2 rings (SSSR count). The number of halogens is 2. The van der Waals surface area contributed by atoms with Crippen LogP contribution >= 0.6 is 0 Å². The van der Waals surface area contributed by atoms with E-state index in [-0.39, 0.29) is 11.1 Å². The Morgan fingerprint density at radius 2 is 1.25 bits per heavy atom. The highest BCUT2D eigenvalue weighted by Gasteiger charge is 2.19. The molecule has 0 atom stereocenters. The number of benzene rings is 2. The molecule has 0 saturated carbocycles. The van der Waals surface area contributed by atoms with Gasteiger partial charge < -0.3 is 9.47 Å². The van der Waals surface area contributed by atoms with Gasteiger partial charge in [0, 0.05) is 0 Å². The number of hydrogen-bond acceptors (Lipinski definition) is 3. The maximum atomic E-state index is 13.7. The van der Waals surface area contributed by atoms with Crippen molar-refractivity contribution in [3.8, 4) is 11.5 Å². The van der Waals surface area contributed by atoms with Crippen LogP contribution in [-0.4, -0.2) is 20.0 Å². The molecular formula is C15H12F2O3. The van der Waals surface area contributed by atoms with Gasteiger partial charge in [0.2, 0.25) is 0 Å². The Kier molecular flexibility index (Phi) is 3.98. The predicted molar refractivity (Wildman–Crippen MR) is 69.3 cm³/mol. The van der Waals surface area contributed by atoms with Crippen molar-refractivity contribution in [2.75, 3.05) is 14.2 Å². The Morgan fingerprint density at radius 1 is 0.850 bits per heavy atom. The summed E-state index contributed by atoms with van der Waals surface area (Å²) in [7, 11) is 2.79. The van der Waals surface area contributed by atoms with Crippen LogP contribution in [0.25, 0.3) is 0 Å². The third-order valence-corrected chi connectivity index (χ3v) is 2.84. The maximum absolute atomic E-state index is 13.7. The van der Waals surface area contributed by atoms with Crippen molar-refractivity contribution in [2.45, 2.75) is 0 Å². The van der Waals surface area contributed by atoms with Gasteiger partial charge in [0.25, 0.3) is 0 Å². The molecule has 0 saturated heterocycles. The summed E-state index contributed by atoms with van der Waals surface area (Å²) in [6.07, 6.45) is 0. The molecule has 0 N–H and O–H groups in total. The van der Waals surface area contributed by atoms with E-state index < -0.39 is 17.4 Å². The number of methoxy groups -OCH3 is 2. The second-order valence-corrected chi connectivity index (χ2v) is 4.02. The Labute approximate surface area is 114 Å².